The number of quaternary nitrogens is 1. The highest BCUT2D eigenvalue weighted by atomic mass is 31.2. The second-order valence-electron chi connectivity index (χ2n) is 17.8. The van der Waals surface area contributed by atoms with Crippen molar-refractivity contribution in [2.24, 2.45) is 0 Å². The fourth-order valence-electron chi connectivity index (χ4n) is 6.31. The maximum Gasteiger partial charge on any atom is 0.306 e. The van der Waals surface area contributed by atoms with Crippen molar-refractivity contribution in [1.29, 1.82) is 0 Å². The average molecular weight is 940 g/mol. The monoisotopic (exact) mass is 940 g/mol. The second-order valence-corrected chi connectivity index (χ2v) is 19.2. The van der Waals surface area contributed by atoms with Gasteiger partial charge in [-0.15, -0.1) is 0 Å². The van der Waals surface area contributed by atoms with Crippen LogP contribution < -0.4 is 4.89 Å². The molecule has 0 aliphatic rings. The molecule has 0 radical (unpaired) electrons. The summed E-state index contributed by atoms with van der Waals surface area (Å²) in [5, 5.41) is 0. The van der Waals surface area contributed by atoms with E-state index in [1.165, 1.54) is 44.9 Å². The van der Waals surface area contributed by atoms with Crippen molar-refractivity contribution in [3.05, 3.63) is 109 Å². The van der Waals surface area contributed by atoms with Gasteiger partial charge in [0.15, 0.2) is 6.10 Å². The third-order valence-corrected chi connectivity index (χ3v) is 11.2. The normalized spacial score (nSPS) is 14.3. The van der Waals surface area contributed by atoms with Crippen LogP contribution in [0, 0.1) is 0 Å². The molecule has 0 saturated carbocycles. The summed E-state index contributed by atoms with van der Waals surface area (Å²) in [6.07, 6.45) is 64.0. The fourth-order valence-corrected chi connectivity index (χ4v) is 7.04. The van der Waals surface area contributed by atoms with Crippen LogP contribution in [0.3, 0.4) is 0 Å². The molecular weight excluding hydrogens is 846 g/mol. The molecule has 2 atom stereocenters. The van der Waals surface area contributed by atoms with Crippen molar-refractivity contribution < 1.29 is 42.1 Å². The Kier molecular flexibility index (Phi) is 44.4. The maximum atomic E-state index is 12.7. The van der Waals surface area contributed by atoms with Crippen LogP contribution in [-0.2, 0) is 32.7 Å². The Balaban J connectivity index is 4.38. The number of likely N-dealkylation sites (N-methyl/N-ethyl adjacent to an activating group) is 1. The molecule has 66 heavy (non-hydrogen) atoms. The molecule has 0 aromatic heterocycles. The average Bonchev–Trinajstić information content (AvgIpc) is 3.27. The van der Waals surface area contributed by atoms with Crippen LogP contribution in [0.5, 0.6) is 0 Å². The van der Waals surface area contributed by atoms with E-state index >= 15 is 0 Å². The van der Waals surface area contributed by atoms with E-state index < -0.39 is 32.5 Å². The van der Waals surface area contributed by atoms with Gasteiger partial charge in [-0.1, -0.05) is 175 Å². The lowest BCUT2D eigenvalue weighted by Crippen LogP contribution is -2.37. The number of carbonyl (C=O) groups is 2. The number of phosphoric ester groups is 1. The van der Waals surface area contributed by atoms with E-state index in [1.807, 2.05) is 21.1 Å². The van der Waals surface area contributed by atoms with Gasteiger partial charge < -0.3 is 27.9 Å². The number of ether oxygens (including phenoxy) is 2. The van der Waals surface area contributed by atoms with E-state index in [0.29, 0.717) is 23.9 Å². The number of hydrogen-bond donors (Lipinski definition) is 0. The summed E-state index contributed by atoms with van der Waals surface area (Å²) >= 11 is 0. The molecular formula is C56H94NO8P. The third kappa shape index (κ3) is 50.1. The van der Waals surface area contributed by atoms with Crippen molar-refractivity contribution in [1.82, 2.24) is 0 Å². The van der Waals surface area contributed by atoms with Crippen LogP contribution in [0.25, 0.3) is 0 Å². The van der Waals surface area contributed by atoms with Crippen LogP contribution in [-0.4, -0.2) is 70.0 Å². The van der Waals surface area contributed by atoms with Crippen molar-refractivity contribution in [2.45, 2.75) is 187 Å². The third-order valence-electron chi connectivity index (χ3n) is 10.3. The Labute approximate surface area is 404 Å². The Morgan fingerprint density at radius 3 is 1.30 bits per heavy atom. The Morgan fingerprint density at radius 2 is 0.864 bits per heavy atom. The fraction of sp³-hybridized carbons (Fsp3) is 0.643. The molecule has 10 heteroatoms. The molecule has 0 rings (SSSR count). The number of nitrogens with zero attached hydrogens (tertiary/aromatic N) is 1. The summed E-state index contributed by atoms with van der Waals surface area (Å²) in [6, 6.07) is 0. The lowest BCUT2D eigenvalue weighted by molar-refractivity contribution is -0.870. The lowest BCUT2D eigenvalue weighted by atomic mass is 10.1. The van der Waals surface area contributed by atoms with Gasteiger partial charge in [-0.3, -0.25) is 14.2 Å². The first-order chi connectivity index (χ1) is 32.0. The summed E-state index contributed by atoms with van der Waals surface area (Å²) in [6.45, 7) is 4.02. The Hall–Kier alpha value is -3.33. The summed E-state index contributed by atoms with van der Waals surface area (Å²) in [7, 11) is 1.12. The van der Waals surface area contributed by atoms with Gasteiger partial charge in [0.25, 0.3) is 7.82 Å². The van der Waals surface area contributed by atoms with Gasteiger partial charge in [-0.05, 0) is 103 Å². The largest absolute Gasteiger partial charge is 0.756 e. The second kappa shape index (κ2) is 46.8. The maximum absolute atomic E-state index is 12.7. The van der Waals surface area contributed by atoms with E-state index in [4.69, 9.17) is 18.5 Å². The predicted molar refractivity (Wildman–Crippen MR) is 277 cm³/mol. The smallest absolute Gasteiger partial charge is 0.306 e. The highest BCUT2D eigenvalue weighted by Crippen LogP contribution is 2.38. The minimum Gasteiger partial charge on any atom is -0.756 e. The summed E-state index contributed by atoms with van der Waals surface area (Å²) in [5.74, 6) is -0.891. The Morgan fingerprint density at radius 1 is 0.485 bits per heavy atom. The summed E-state index contributed by atoms with van der Waals surface area (Å²) < 4.78 is 34.0. The number of hydrogen-bond acceptors (Lipinski definition) is 8. The molecule has 0 aromatic rings. The molecule has 9 nitrogen and oxygen atoms in total. The molecule has 0 spiro atoms. The standard InChI is InChI=1S/C56H94NO8P/c1-6-8-10-12-14-16-18-20-22-24-25-26-27-28-29-30-31-33-35-37-39-41-43-45-47-49-56(59)65-54(53-64-66(60,61)63-51-50-57(3,4)5)52-62-55(58)48-46-44-42-40-38-36-34-32-23-21-19-17-15-13-11-9-7-2/h8,10,14-17,20-23,25-26,28-29,31,33,37,39,54H,6-7,9,11-13,18-19,24,27,30,32,34-36,38,40-53H2,1-5H3/b10-8-,16-14-,17-15-,22-20-,23-21-,26-25-,29-28-,33-31-,39-37-. The number of allylic oxidation sites excluding steroid dienone is 18. The van der Waals surface area contributed by atoms with Crippen molar-refractivity contribution in [3.63, 3.8) is 0 Å². The molecule has 376 valence electrons. The number of carbonyl (C=O) groups excluding carboxylic acids is 2. The summed E-state index contributed by atoms with van der Waals surface area (Å²) in [5.41, 5.74) is 0. The topological polar surface area (TPSA) is 111 Å². The van der Waals surface area contributed by atoms with E-state index in [2.05, 4.69) is 123 Å². The molecule has 0 saturated heterocycles. The number of unbranched alkanes of at least 4 members (excludes halogenated alkanes) is 13. The summed E-state index contributed by atoms with van der Waals surface area (Å²) in [4.78, 5) is 37.7. The highest BCUT2D eigenvalue weighted by Gasteiger charge is 2.21. The minimum absolute atomic E-state index is 0.0455. The molecule has 0 aliphatic heterocycles. The van der Waals surface area contributed by atoms with Gasteiger partial charge in [0.05, 0.1) is 27.7 Å². The predicted octanol–water partition coefficient (Wildman–Crippen LogP) is 14.8. The highest BCUT2D eigenvalue weighted by molar-refractivity contribution is 7.45. The van der Waals surface area contributed by atoms with Crippen LogP contribution in [0.4, 0.5) is 0 Å². The zero-order chi connectivity index (χ0) is 48.5. The first-order valence-electron chi connectivity index (χ1n) is 25.6. The van der Waals surface area contributed by atoms with Crippen LogP contribution >= 0.6 is 7.82 Å². The van der Waals surface area contributed by atoms with E-state index in [1.54, 1.807) is 0 Å². The van der Waals surface area contributed by atoms with Gasteiger partial charge in [-0.25, -0.2) is 0 Å². The quantitative estimate of drug-likeness (QED) is 0.0195. The molecule has 0 bridgehead atoms. The molecule has 0 aromatic carbocycles. The van der Waals surface area contributed by atoms with E-state index in [0.717, 1.165) is 96.3 Å². The van der Waals surface area contributed by atoms with Crippen LogP contribution in [0.15, 0.2) is 109 Å². The first-order valence-corrected chi connectivity index (χ1v) is 27.1. The number of rotatable bonds is 45. The Bertz CT molecular complexity index is 1480. The van der Waals surface area contributed by atoms with Gasteiger partial charge in [0, 0.05) is 12.8 Å². The zero-order valence-corrected chi connectivity index (χ0v) is 43.2. The SMILES string of the molecule is CC/C=C\C/C=C\C/C=C\C/C=C\C/C=C\C/C=C\C/C=C\CCCCCC(=O)OC(COC(=O)CCCCCCCCC/C=C\C/C=C\CCCCC)COP(=O)([O-])OCC[N+](C)(C)C. The van der Waals surface area contributed by atoms with Gasteiger partial charge in [0.2, 0.25) is 0 Å². The van der Waals surface area contributed by atoms with Crippen molar-refractivity contribution >= 4 is 19.8 Å². The van der Waals surface area contributed by atoms with Gasteiger partial charge >= 0.3 is 11.9 Å². The van der Waals surface area contributed by atoms with E-state index in [9.17, 15) is 19.0 Å². The van der Waals surface area contributed by atoms with Crippen molar-refractivity contribution in [2.75, 3.05) is 47.5 Å². The molecule has 0 fully saturated rings. The van der Waals surface area contributed by atoms with E-state index in [-0.39, 0.29) is 26.1 Å². The van der Waals surface area contributed by atoms with Crippen molar-refractivity contribution in [3.8, 4) is 0 Å². The van der Waals surface area contributed by atoms with Gasteiger partial charge in [0.1, 0.15) is 19.8 Å². The molecule has 0 heterocycles. The van der Waals surface area contributed by atoms with Crippen LogP contribution in [0.1, 0.15) is 181 Å². The first kappa shape index (κ1) is 62.7. The number of phosphoric acid groups is 1. The number of esters is 2. The van der Waals surface area contributed by atoms with Crippen LogP contribution in [0.2, 0.25) is 0 Å². The molecule has 0 amide bonds. The molecule has 0 aliphatic carbocycles. The van der Waals surface area contributed by atoms with Gasteiger partial charge in [-0.2, -0.15) is 0 Å². The molecule has 2 unspecified atom stereocenters. The molecule has 0 N–H and O–H groups in total. The lowest BCUT2D eigenvalue weighted by Gasteiger charge is -2.28. The zero-order valence-electron chi connectivity index (χ0n) is 42.3. The minimum atomic E-state index is -4.65.